The van der Waals surface area contributed by atoms with Crippen molar-refractivity contribution in [3.05, 3.63) is 29.6 Å². The van der Waals surface area contributed by atoms with Gasteiger partial charge in [-0.3, -0.25) is 0 Å². The fourth-order valence-electron chi connectivity index (χ4n) is 2.59. The van der Waals surface area contributed by atoms with Gasteiger partial charge in [0, 0.05) is 31.4 Å². The molecule has 0 saturated carbocycles. The first-order valence-corrected chi connectivity index (χ1v) is 7.01. The molecule has 1 aliphatic rings. The van der Waals surface area contributed by atoms with Crippen LogP contribution in [0.15, 0.2) is 18.2 Å². The van der Waals surface area contributed by atoms with Crippen molar-refractivity contribution in [1.29, 1.82) is 0 Å². The number of hydrogen-bond donors (Lipinski definition) is 1. The third-order valence-electron chi connectivity index (χ3n) is 3.78. The molecular weight excluding hydrogens is 241 g/mol. The van der Waals surface area contributed by atoms with E-state index in [0.29, 0.717) is 6.04 Å². The number of rotatable bonds is 5. The Bertz CT molecular complexity index is 420. The molecule has 0 spiro atoms. The van der Waals surface area contributed by atoms with E-state index in [1.165, 1.54) is 0 Å². The predicted octanol–water partition coefficient (Wildman–Crippen LogP) is 2.08. The Balaban J connectivity index is 2.09. The van der Waals surface area contributed by atoms with Gasteiger partial charge in [0.2, 0.25) is 0 Å². The SMILES string of the molecule is CCNCc1cc(F)cc(N2CCC(N(C)C)C2)c1. The zero-order valence-corrected chi connectivity index (χ0v) is 12.1. The minimum absolute atomic E-state index is 0.140. The first kappa shape index (κ1) is 14.3. The second-order valence-electron chi connectivity index (χ2n) is 5.45. The van der Waals surface area contributed by atoms with E-state index in [1.807, 2.05) is 0 Å². The summed E-state index contributed by atoms with van der Waals surface area (Å²) in [4.78, 5) is 4.53. The molecule has 1 saturated heterocycles. The quantitative estimate of drug-likeness (QED) is 0.879. The molecule has 1 heterocycles. The van der Waals surface area contributed by atoms with Crippen LogP contribution in [0.5, 0.6) is 0 Å². The molecule has 4 heteroatoms. The van der Waals surface area contributed by atoms with E-state index in [9.17, 15) is 4.39 Å². The van der Waals surface area contributed by atoms with Gasteiger partial charge in [0.05, 0.1) is 0 Å². The molecule has 0 amide bonds. The third-order valence-corrected chi connectivity index (χ3v) is 3.78. The molecule has 3 nitrogen and oxygen atoms in total. The highest BCUT2D eigenvalue weighted by Gasteiger charge is 2.24. The molecule has 1 atom stereocenters. The smallest absolute Gasteiger partial charge is 0.125 e. The van der Waals surface area contributed by atoms with Crippen molar-refractivity contribution in [2.24, 2.45) is 0 Å². The predicted molar refractivity (Wildman–Crippen MR) is 78.1 cm³/mol. The van der Waals surface area contributed by atoms with Gasteiger partial charge in [-0.2, -0.15) is 0 Å². The molecule has 1 aromatic carbocycles. The second-order valence-corrected chi connectivity index (χ2v) is 5.45. The molecule has 1 unspecified atom stereocenters. The summed E-state index contributed by atoms with van der Waals surface area (Å²) in [5.41, 5.74) is 2.03. The molecule has 1 aliphatic heterocycles. The largest absolute Gasteiger partial charge is 0.370 e. The highest BCUT2D eigenvalue weighted by Crippen LogP contribution is 2.24. The Morgan fingerprint density at radius 3 is 2.79 bits per heavy atom. The van der Waals surface area contributed by atoms with Crippen LogP contribution in [0.25, 0.3) is 0 Å². The van der Waals surface area contributed by atoms with Crippen LogP contribution in [0.1, 0.15) is 18.9 Å². The topological polar surface area (TPSA) is 18.5 Å². The Morgan fingerprint density at radius 2 is 2.16 bits per heavy atom. The third kappa shape index (κ3) is 3.67. The number of hydrogen-bond acceptors (Lipinski definition) is 3. The van der Waals surface area contributed by atoms with Gasteiger partial charge in [-0.15, -0.1) is 0 Å². The van der Waals surface area contributed by atoms with Gasteiger partial charge in [0.1, 0.15) is 5.82 Å². The van der Waals surface area contributed by atoms with Crippen LogP contribution in [0.4, 0.5) is 10.1 Å². The Labute approximate surface area is 115 Å². The monoisotopic (exact) mass is 265 g/mol. The average molecular weight is 265 g/mol. The van der Waals surface area contributed by atoms with Gasteiger partial charge in [0.15, 0.2) is 0 Å². The minimum Gasteiger partial charge on any atom is -0.370 e. The maximum atomic E-state index is 13.7. The standard InChI is InChI=1S/C15H24FN3/c1-4-17-10-12-7-13(16)9-15(8-12)19-6-5-14(11-19)18(2)3/h7-9,14,17H,4-6,10-11H2,1-3H3. The van der Waals surface area contributed by atoms with Crippen molar-refractivity contribution in [3.63, 3.8) is 0 Å². The number of anilines is 1. The normalized spacial score (nSPS) is 19.4. The maximum Gasteiger partial charge on any atom is 0.125 e. The molecule has 19 heavy (non-hydrogen) atoms. The van der Waals surface area contributed by atoms with E-state index in [0.717, 1.165) is 43.9 Å². The number of nitrogens with zero attached hydrogens (tertiary/aromatic N) is 2. The molecule has 106 valence electrons. The summed E-state index contributed by atoms with van der Waals surface area (Å²) in [6, 6.07) is 5.93. The average Bonchev–Trinajstić information content (AvgIpc) is 2.85. The molecular formula is C15H24FN3. The van der Waals surface area contributed by atoms with E-state index in [4.69, 9.17) is 0 Å². The highest BCUT2D eigenvalue weighted by atomic mass is 19.1. The van der Waals surface area contributed by atoms with Crippen molar-refractivity contribution >= 4 is 5.69 Å². The van der Waals surface area contributed by atoms with Crippen molar-refractivity contribution < 1.29 is 4.39 Å². The van der Waals surface area contributed by atoms with Crippen molar-refractivity contribution in [2.75, 3.05) is 38.6 Å². The first-order valence-electron chi connectivity index (χ1n) is 7.01. The number of benzene rings is 1. The summed E-state index contributed by atoms with van der Waals surface area (Å²) in [7, 11) is 4.21. The maximum absolute atomic E-state index is 13.7. The molecule has 1 fully saturated rings. The van der Waals surface area contributed by atoms with Crippen molar-refractivity contribution in [3.8, 4) is 0 Å². The highest BCUT2D eigenvalue weighted by molar-refractivity contribution is 5.50. The van der Waals surface area contributed by atoms with E-state index in [-0.39, 0.29) is 5.82 Å². The summed E-state index contributed by atoms with van der Waals surface area (Å²) in [6.45, 7) is 5.68. The molecule has 1 aromatic rings. The minimum atomic E-state index is -0.140. The number of nitrogens with one attached hydrogen (secondary N) is 1. The Hall–Kier alpha value is -1.13. The fraction of sp³-hybridized carbons (Fsp3) is 0.600. The lowest BCUT2D eigenvalue weighted by molar-refractivity contribution is 0.315. The Kier molecular flexibility index (Phi) is 4.77. The zero-order chi connectivity index (χ0) is 13.8. The number of halogens is 1. The first-order chi connectivity index (χ1) is 9.10. The fourth-order valence-corrected chi connectivity index (χ4v) is 2.59. The lowest BCUT2D eigenvalue weighted by Crippen LogP contribution is -2.31. The van der Waals surface area contributed by atoms with Crippen LogP contribution in [-0.4, -0.2) is 44.7 Å². The molecule has 1 N–H and O–H groups in total. The summed E-state index contributed by atoms with van der Waals surface area (Å²) >= 11 is 0. The van der Waals surface area contributed by atoms with E-state index < -0.39 is 0 Å². The van der Waals surface area contributed by atoms with Gasteiger partial charge in [-0.1, -0.05) is 6.92 Å². The van der Waals surface area contributed by atoms with E-state index >= 15 is 0 Å². The summed E-state index contributed by atoms with van der Waals surface area (Å²) in [6.07, 6.45) is 1.14. The Morgan fingerprint density at radius 1 is 1.37 bits per heavy atom. The second kappa shape index (κ2) is 6.35. The molecule has 0 radical (unpaired) electrons. The van der Waals surface area contributed by atoms with Crippen LogP contribution >= 0.6 is 0 Å². The summed E-state index contributed by atoms with van der Waals surface area (Å²) in [5.74, 6) is -0.140. The van der Waals surface area contributed by atoms with Crippen molar-refractivity contribution in [2.45, 2.75) is 25.9 Å². The summed E-state index contributed by atoms with van der Waals surface area (Å²) < 4.78 is 13.7. The number of likely N-dealkylation sites (N-methyl/N-ethyl adjacent to an activating group) is 1. The lowest BCUT2D eigenvalue weighted by atomic mass is 10.1. The zero-order valence-electron chi connectivity index (χ0n) is 12.1. The summed E-state index contributed by atoms with van der Waals surface area (Å²) in [5, 5.41) is 3.24. The molecule has 0 bridgehead atoms. The van der Waals surface area contributed by atoms with E-state index in [1.54, 1.807) is 12.1 Å². The van der Waals surface area contributed by atoms with E-state index in [2.05, 4.69) is 42.2 Å². The van der Waals surface area contributed by atoms with Crippen LogP contribution in [-0.2, 0) is 6.54 Å². The lowest BCUT2D eigenvalue weighted by Gasteiger charge is -2.22. The molecule has 2 rings (SSSR count). The van der Waals surface area contributed by atoms with Gasteiger partial charge < -0.3 is 15.1 Å². The van der Waals surface area contributed by atoms with Gasteiger partial charge in [-0.05, 0) is 50.8 Å². The molecule has 0 aliphatic carbocycles. The van der Waals surface area contributed by atoms with Crippen LogP contribution < -0.4 is 10.2 Å². The molecule has 0 aromatic heterocycles. The van der Waals surface area contributed by atoms with Gasteiger partial charge >= 0.3 is 0 Å². The van der Waals surface area contributed by atoms with Gasteiger partial charge in [-0.25, -0.2) is 4.39 Å². The van der Waals surface area contributed by atoms with Crippen molar-refractivity contribution in [1.82, 2.24) is 10.2 Å². The van der Waals surface area contributed by atoms with Crippen LogP contribution in [0.3, 0.4) is 0 Å². The van der Waals surface area contributed by atoms with Crippen LogP contribution in [0.2, 0.25) is 0 Å². The van der Waals surface area contributed by atoms with Gasteiger partial charge in [0.25, 0.3) is 0 Å². The van der Waals surface area contributed by atoms with Crippen LogP contribution in [0, 0.1) is 5.82 Å².